The van der Waals surface area contributed by atoms with Crippen molar-refractivity contribution in [2.45, 2.75) is 23.6 Å². The molecule has 0 fully saturated rings. The quantitative estimate of drug-likeness (QED) is 0.349. The smallest absolute Gasteiger partial charge is 0.0968 e. The van der Waals surface area contributed by atoms with Gasteiger partial charge in [0.25, 0.3) is 0 Å². The molecule has 0 amide bonds. The molecule has 0 unspecified atom stereocenters. The van der Waals surface area contributed by atoms with Crippen molar-refractivity contribution < 1.29 is 5.21 Å². The Kier molecular flexibility index (Phi) is 3.31. The Morgan fingerprint density at radius 2 is 2.31 bits per heavy atom. The second kappa shape index (κ2) is 4.28. The number of aromatic nitrogens is 1. The molecule has 3 nitrogen and oxygen atoms in total. The fourth-order valence-corrected chi connectivity index (χ4v) is 1.74. The second-order valence-electron chi connectivity index (χ2n) is 3.12. The van der Waals surface area contributed by atoms with Gasteiger partial charge in [-0.3, -0.25) is 0 Å². The summed E-state index contributed by atoms with van der Waals surface area (Å²) in [6, 6.07) is 5.73. The molecule has 0 spiro atoms. The highest BCUT2D eigenvalue weighted by Crippen LogP contribution is 2.28. The fourth-order valence-electron chi connectivity index (χ4n) is 0.842. The van der Waals surface area contributed by atoms with E-state index in [0.717, 1.165) is 5.03 Å². The molecule has 0 aliphatic carbocycles. The standard InChI is InChI=1S/C9H12N2OS/c1-9(2,7-11-12)13-8-5-3-4-6-10-8/h3-7,12H,1-2H3. The van der Waals surface area contributed by atoms with Gasteiger partial charge in [0.05, 0.1) is 16.0 Å². The minimum Gasteiger partial charge on any atom is -0.411 e. The number of nitrogens with zero attached hydrogens (tertiary/aromatic N) is 2. The van der Waals surface area contributed by atoms with Crippen LogP contribution in [0, 0.1) is 0 Å². The lowest BCUT2D eigenvalue weighted by Gasteiger charge is -2.16. The zero-order chi connectivity index (χ0) is 9.73. The van der Waals surface area contributed by atoms with Gasteiger partial charge in [0.2, 0.25) is 0 Å². The van der Waals surface area contributed by atoms with Crippen molar-refractivity contribution in [1.82, 2.24) is 4.98 Å². The molecule has 0 bridgehead atoms. The fraction of sp³-hybridized carbons (Fsp3) is 0.333. The molecular formula is C9H12N2OS. The van der Waals surface area contributed by atoms with Crippen LogP contribution in [0.4, 0.5) is 0 Å². The molecule has 0 radical (unpaired) electrons. The van der Waals surface area contributed by atoms with Crippen LogP contribution in [-0.2, 0) is 0 Å². The van der Waals surface area contributed by atoms with Crippen molar-refractivity contribution in [3.63, 3.8) is 0 Å². The normalized spacial score (nSPS) is 12.2. The van der Waals surface area contributed by atoms with Gasteiger partial charge in [-0.1, -0.05) is 17.8 Å². The van der Waals surface area contributed by atoms with Crippen LogP contribution in [0.1, 0.15) is 13.8 Å². The third-order valence-electron chi connectivity index (χ3n) is 1.37. The summed E-state index contributed by atoms with van der Waals surface area (Å²) < 4.78 is -0.233. The minimum absolute atomic E-state index is 0.233. The molecule has 0 saturated carbocycles. The van der Waals surface area contributed by atoms with Crippen LogP contribution in [0.3, 0.4) is 0 Å². The number of thioether (sulfide) groups is 1. The van der Waals surface area contributed by atoms with Crippen LogP contribution < -0.4 is 0 Å². The number of pyridine rings is 1. The molecule has 0 aliphatic rings. The van der Waals surface area contributed by atoms with E-state index >= 15 is 0 Å². The van der Waals surface area contributed by atoms with Gasteiger partial charge < -0.3 is 5.21 Å². The topological polar surface area (TPSA) is 45.5 Å². The summed E-state index contributed by atoms with van der Waals surface area (Å²) in [5.41, 5.74) is 0. The van der Waals surface area contributed by atoms with E-state index in [1.54, 1.807) is 18.0 Å². The van der Waals surface area contributed by atoms with Crippen molar-refractivity contribution in [2.75, 3.05) is 0 Å². The molecule has 1 aromatic heterocycles. The van der Waals surface area contributed by atoms with E-state index < -0.39 is 0 Å². The van der Waals surface area contributed by atoms with Gasteiger partial charge in [0, 0.05) is 6.20 Å². The van der Waals surface area contributed by atoms with Gasteiger partial charge in [-0.05, 0) is 26.0 Å². The Morgan fingerprint density at radius 1 is 1.54 bits per heavy atom. The monoisotopic (exact) mass is 196 g/mol. The molecule has 1 heterocycles. The number of oxime groups is 1. The van der Waals surface area contributed by atoms with E-state index in [9.17, 15) is 0 Å². The summed E-state index contributed by atoms with van der Waals surface area (Å²) in [7, 11) is 0. The van der Waals surface area contributed by atoms with E-state index in [-0.39, 0.29) is 4.75 Å². The van der Waals surface area contributed by atoms with E-state index in [0.29, 0.717) is 0 Å². The summed E-state index contributed by atoms with van der Waals surface area (Å²) in [5.74, 6) is 0. The average molecular weight is 196 g/mol. The zero-order valence-electron chi connectivity index (χ0n) is 7.64. The van der Waals surface area contributed by atoms with Crippen molar-refractivity contribution in [3.8, 4) is 0 Å². The first kappa shape index (κ1) is 10.1. The second-order valence-corrected chi connectivity index (χ2v) is 4.79. The zero-order valence-corrected chi connectivity index (χ0v) is 8.45. The first-order valence-corrected chi connectivity index (χ1v) is 4.74. The summed E-state index contributed by atoms with van der Waals surface area (Å²) in [6.45, 7) is 3.93. The summed E-state index contributed by atoms with van der Waals surface area (Å²) in [6.07, 6.45) is 3.24. The average Bonchev–Trinajstić information content (AvgIpc) is 2.04. The van der Waals surface area contributed by atoms with Gasteiger partial charge in [0.1, 0.15) is 0 Å². The van der Waals surface area contributed by atoms with E-state index in [2.05, 4.69) is 10.1 Å². The molecule has 1 rings (SSSR count). The Bertz CT molecular complexity index is 285. The van der Waals surface area contributed by atoms with E-state index in [4.69, 9.17) is 5.21 Å². The third-order valence-corrected chi connectivity index (χ3v) is 2.46. The Hall–Kier alpha value is -1.03. The van der Waals surface area contributed by atoms with Crippen molar-refractivity contribution >= 4 is 18.0 Å². The molecule has 0 aliphatic heterocycles. The summed E-state index contributed by atoms with van der Waals surface area (Å²) >= 11 is 1.55. The predicted molar refractivity (Wildman–Crippen MR) is 54.5 cm³/mol. The van der Waals surface area contributed by atoms with Gasteiger partial charge in [-0.15, -0.1) is 5.16 Å². The molecule has 70 valence electrons. The van der Waals surface area contributed by atoms with Gasteiger partial charge >= 0.3 is 0 Å². The van der Waals surface area contributed by atoms with Crippen LogP contribution in [-0.4, -0.2) is 21.2 Å². The molecule has 13 heavy (non-hydrogen) atoms. The Balaban J connectivity index is 2.69. The maximum Gasteiger partial charge on any atom is 0.0968 e. The highest BCUT2D eigenvalue weighted by molar-refractivity contribution is 8.01. The minimum atomic E-state index is -0.233. The molecule has 1 N–H and O–H groups in total. The number of hydrogen-bond donors (Lipinski definition) is 1. The van der Waals surface area contributed by atoms with Gasteiger partial charge in [-0.25, -0.2) is 4.98 Å². The Morgan fingerprint density at radius 3 is 2.85 bits per heavy atom. The molecule has 0 saturated heterocycles. The van der Waals surface area contributed by atoms with Crippen LogP contribution in [0.5, 0.6) is 0 Å². The van der Waals surface area contributed by atoms with Crippen molar-refractivity contribution in [1.29, 1.82) is 0 Å². The number of hydrogen-bond acceptors (Lipinski definition) is 4. The predicted octanol–water partition coefficient (Wildman–Crippen LogP) is 2.41. The lowest BCUT2D eigenvalue weighted by atomic mass is 10.2. The van der Waals surface area contributed by atoms with Gasteiger partial charge in [0.15, 0.2) is 0 Å². The van der Waals surface area contributed by atoms with Gasteiger partial charge in [-0.2, -0.15) is 0 Å². The molecule has 1 aromatic rings. The summed E-state index contributed by atoms with van der Waals surface area (Å²) in [4.78, 5) is 4.17. The van der Waals surface area contributed by atoms with E-state index in [1.165, 1.54) is 6.21 Å². The molecular weight excluding hydrogens is 184 g/mol. The molecule has 0 aromatic carbocycles. The lowest BCUT2D eigenvalue weighted by molar-refractivity contribution is 0.319. The van der Waals surface area contributed by atoms with Crippen molar-refractivity contribution in [3.05, 3.63) is 24.4 Å². The van der Waals surface area contributed by atoms with Crippen LogP contribution in [0.25, 0.3) is 0 Å². The summed E-state index contributed by atoms with van der Waals surface area (Å²) in [5, 5.41) is 12.4. The van der Waals surface area contributed by atoms with Crippen LogP contribution in [0.2, 0.25) is 0 Å². The van der Waals surface area contributed by atoms with Crippen LogP contribution in [0.15, 0.2) is 34.6 Å². The van der Waals surface area contributed by atoms with Crippen LogP contribution >= 0.6 is 11.8 Å². The SMILES string of the molecule is CC(C)(C=NO)Sc1ccccn1. The third kappa shape index (κ3) is 3.46. The number of rotatable bonds is 3. The molecule has 0 atom stereocenters. The first-order valence-electron chi connectivity index (χ1n) is 3.93. The van der Waals surface area contributed by atoms with E-state index in [1.807, 2.05) is 32.0 Å². The maximum atomic E-state index is 8.42. The Labute approximate surface area is 81.9 Å². The largest absolute Gasteiger partial charge is 0.411 e. The highest BCUT2D eigenvalue weighted by atomic mass is 32.2. The van der Waals surface area contributed by atoms with Crippen molar-refractivity contribution in [2.24, 2.45) is 5.16 Å². The highest BCUT2D eigenvalue weighted by Gasteiger charge is 2.17. The lowest BCUT2D eigenvalue weighted by Crippen LogP contribution is -2.16. The molecule has 4 heteroatoms. The first-order chi connectivity index (χ1) is 6.14. The maximum absolute atomic E-state index is 8.42.